The van der Waals surface area contributed by atoms with Crippen LogP contribution in [0.5, 0.6) is 0 Å². The molecular formula is C16H22N2O2. The zero-order chi connectivity index (χ0) is 14.6. The van der Waals surface area contributed by atoms with Crippen molar-refractivity contribution >= 4 is 17.5 Å². The molecule has 0 spiro atoms. The van der Waals surface area contributed by atoms with E-state index >= 15 is 0 Å². The number of urea groups is 1. The Bertz CT molecular complexity index is 490. The van der Waals surface area contributed by atoms with Gasteiger partial charge < -0.3 is 10.6 Å². The molecule has 108 valence electrons. The standard InChI is InChI=1S/C16H22N2O2/c1-3-8-16(9-10-16)11-17-15(20)18-14-6-4-13(5-7-14)12(2)19/h4-7H,3,8-11H2,1-2H3,(H2,17,18,20). The van der Waals surface area contributed by atoms with Crippen LogP contribution >= 0.6 is 0 Å². The number of rotatable bonds is 6. The lowest BCUT2D eigenvalue weighted by Crippen LogP contribution is -2.33. The number of hydrogen-bond donors (Lipinski definition) is 2. The van der Waals surface area contributed by atoms with Crippen LogP contribution in [-0.2, 0) is 0 Å². The van der Waals surface area contributed by atoms with E-state index in [1.807, 2.05) is 0 Å². The Labute approximate surface area is 119 Å². The molecule has 1 aromatic rings. The van der Waals surface area contributed by atoms with Crippen molar-refractivity contribution in [3.05, 3.63) is 29.8 Å². The summed E-state index contributed by atoms with van der Waals surface area (Å²) in [6.07, 6.45) is 4.78. The average molecular weight is 274 g/mol. The SMILES string of the molecule is CCCC1(CNC(=O)Nc2ccc(C(C)=O)cc2)CC1. The maximum absolute atomic E-state index is 11.8. The Morgan fingerprint density at radius 2 is 1.85 bits per heavy atom. The molecular weight excluding hydrogens is 252 g/mol. The number of Topliss-reactive ketones (excluding diaryl/α,β-unsaturated/α-hetero) is 1. The van der Waals surface area contributed by atoms with Gasteiger partial charge in [-0.25, -0.2) is 4.79 Å². The number of carbonyl (C=O) groups excluding carboxylic acids is 2. The summed E-state index contributed by atoms with van der Waals surface area (Å²) in [7, 11) is 0. The van der Waals surface area contributed by atoms with Gasteiger partial charge in [0.1, 0.15) is 0 Å². The molecule has 20 heavy (non-hydrogen) atoms. The van der Waals surface area contributed by atoms with Crippen LogP contribution in [0.3, 0.4) is 0 Å². The van der Waals surface area contributed by atoms with Crippen LogP contribution < -0.4 is 10.6 Å². The second kappa shape index (κ2) is 6.07. The first-order valence-corrected chi connectivity index (χ1v) is 7.20. The Kier molecular flexibility index (Phi) is 4.42. The van der Waals surface area contributed by atoms with E-state index in [2.05, 4.69) is 17.6 Å². The van der Waals surface area contributed by atoms with Crippen LogP contribution in [0, 0.1) is 5.41 Å². The molecule has 1 aromatic carbocycles. The van der Waals surface area contributed by atoms with Crippen molar-refractivity contribution in [3.8, 4) is 0 Å². The molecule has 0 saturated heterocycles. The van der Waals surface area contributed by atoms with Crippen LogP contribution in [0.4, 0.5) is 10.5 Å². The Balaban J connectivity index is 1.81. The first kappa shape index (κ1) is 14.6. The predicted octanol–water partition coefficient (Wildman–Crippen LogP) is 3.59. The highest BCUT2D eigenvalue weighted by atomic mass is 16.2. The molecule has 2 amide bonds. The van der Waals surface area contributed by atoms with E-state index < -0.39 is 0 Å². The molecule has 4 nitrogen and oxygen atoms in total. The van der Waals surface area contributed by atoms with Crippen LogP contribution in [0.2, 0.25) is 0 Å². The van der Waals surface area contributed by atoms with Gasteiger partial charge in [0.05, 0.1) is 0 Å². The predicted molar refractivity (Wildman–Crippen MR) is 80.0 cm³/mol. The summed E-state index contributed by atoms with van der Waals surface area (Å²) >= 11 is 0. The van der Waals surface area contributed by atoms with Crippen LogP contribution in [0.15, 0.2) is 24.3 Å². The summed E-state index contributed by atoms with van der Waals surface area (Å²) in [5.41, 5.74) is 1.70. The topological polar surface area (TPSA) is 58.2 Å². The fraction of sp³-hybridized carbons (Fsp3) is 0.500. The number of anilines is 1. The molecule has 1 fully saturated rings. The van der Waals surface area contributed by atoms with E-state index in [9.17, 15) is 9.59 Å². The Morgan fingerprint density at radius 1 is 1.20 bits per heavy atom. The van der Waals surface area contributed by atoms with E-state index in [-0.39, 0.29) is 11.8 Å². The average Bonchev–Trinajstić information content (AvgIpc) is 3.18. The maximum atomic E-state index is 11.8. The van der Waals surface area contributed by atoms with E-state index in [1.165, 1.54) is 26.2 Å². The highest BCUT2D eigenvalue weighted by Gasteiger charge is 2.41. The summed E-state index contributed by atoms with van der Waals surface area (Å²) in [5, 5.41) is 5.73. The molecule has 2 N–H and O–H groups in total. The minimum Gasteiger partial charge on any atom is -0.337 e. The third-order valence-electron chi connectivity index (χ3n) is 3.91. The number of amides is 2. The fourth-order valence-electron chi connectivity index (χ4n) is 2.45. The molecule has 0 bridgehead atoms. The Hall–Kier alpha value is -1.84. The maximum Gasteiger partial charge on any atom is 0.319 e. The highest BCUT2D eigenvalue weighted by molar-refractivity contribution is 5.95. The van der Waals surface area contributed by atoms with E-state index in [0.29, 0.717) is 16.7 Å². The molecule has 0 unspecified atom stereocenters. The van der Waals surface area contributed by atoms with Crippen molar-refractivity contribution in [2.45, 2.75) is 39.5 Å². The first-order chi connectivity index (χ1) is 9.54. The molecule has 1 saturated carbocycles. The molecule has 0 aromatic heterocycles. The zero-order valence-electron chi connectivity index (χ0n) is 12.2. The highest BCUT2D eigenvalue weighted by Crippen LogP contribution is 2.48. The normalized spacial score (nSPS) is 15.5. The van der Waals surface area contributed by atoms with Gasteiger partial charge in [-0.15, -0.1) is 0 Å². The van der Waals surface area contributed by atoms with Gasteiger partial charge in [-0.05, 0) is 55.9 Å². The minimum atomic E-state index is -0.178. The molecule has 0 heterocycles. The van der Waals surface area contributed by atoms with Crippen LogP contribution in [-0.4, -0.2) is 18.4 Å². The van der Waals surface area contributed by atoms with Crippen LogP contribution in [0.25, 0.3) is 0 Å². The van der Waals surface area contributed by atoms with Gasteiger partial charge >= 0.3 is 6.03 Å². The monoisotopic (exact) mass is 274 g/mol. The molecule has 1 aliphatic rings. The van der Waals surface area contributed by atoms with Gasteiger partial charge in [0.15, 0.2) is 5.78 Å². The molecule has 1 aliphatic carbocycles. The molecule has 0 aliphatic heterocycles. The molecule has 2 rings (SSSR count). The number of carbonyl (C=O) groups is 2. The van der Waals surface area contributed by atoms with Crippen LogP contribution in [0.1, 0.15) is 49.9 Å². The molecule has 4 heteroatoms. The number of hydrogen-bond acceptors (Lipinski definition) is 2. The van der Waals surface area contributed by atoms with Gasteiger partial charge in [-0.3, -0.25) is 4.79 Å². The van der Waals surface area contributed by atoms with Crippen molar-refractivity contribution in [2.75, 3.05) is 11.9 Å². The third kappa shape index (κ3) is 3.83. The fourth-order valence-corrected chi connectivity index (χ4v) is 2.45. The van der Waals surface area contributed by atoms with Crippen molar-refractivity contribution < 1.29 is 9.59 Å². The van der Waals surface area contributed by atoms with Gasteiger partial charge in [-0.2, -0.15) is 0 Å². The van der Waals surface area contributed by atoms with E-state index in [1.54, 1.807) is 24.3 Å². The van der Waals surface area contributed by atoms with Crippen molar-refractivity contribution in [1.82, 2.24) is 5.32 Å². The number of ketones is 1. The summed E-state index contributed by atoms with van der Waals surface area (Å²) in [6.45, 7) is 4.45. The van der Waals surface area contributed by atoms with Crippen molar-refractivity contribution in [3.63, 3.8) is 0 Å². The summed E-state index contributed by atoms with van der Waals surface area (Å²) in [6, 6.07) is 6.75. The lowest BCUT2D eigenvalue weighted by Gasteiger charge is -2.15. The molecule has 0 atom stereocenters. The number of nitrogens with one attached hydrogen (secondary N) is 2. The minimum absolute atomic E-state index is 0.0243. The smallest absolute Gasteiger partial charge is 0.319 e. The van der Waals surface area contributed by atoms with Gasteiger partial charge in [0, 0.05) is 17.8 Å². The third-order valence-corrected chi connectivity index (χ3v) is 3.91. The van der Waals surface area contributed by atoms with E-state index in [0.717, 1.165) is 13.0 Å². The lowest BCUT2D eigenvalue weighted by molar-refractivity contribution is 0.101. The quantitative estimate of drug-likeness (QED) is 0.779. The van der Waals surface area contributed by atoms with E-state index in [4.69, 9.17) is 0 Å². The summed E-state index contributed by atoms with van der Waals surface area (Å²) in [5.74, 6) is 0.0243. The van der Waals surface area contributed by atoms with Crippen molar-refractivity contribution in [2.24, 2.45) is 5.41 Å². The van der Waals surface area contributed by atoms with Gasteiger partial charge in [0.25, 0.3) is 0 Å². The van der Waals surface area contributed by atoms with Gasteiger partial charge in [-0.1, -0.05) is 13.3 Å². The largest absolute Gasteiger partial charge is 0.337 e. The second-order valence-electron chi connectivity index (χ2n) is 5.69. The summed E-state index contributed by atoms with van der Waals surface area (Å²) < 4.78 is 0. The Morgan fingerprint density at radius 3 is 2.35 bits per heavy atom. The summed E-state index contributed by atoms with van der Waals surface area (Å²) in [4.78, 5) is 23.0. The van der Waals surface area contributed by atoms with Gasteiger partial charge in [0.2, 0.25) is 0 Å². The lowest BCUT2D eigenvalue weighted by atomic mass is 10.0. The molecule has 0 radical (unpaired) electrons. The number of benzene rings is 1. The zero-order valence-corrected chi connectivity index (χ0v) is 12.2. The second-order valence-corrected chi connectivity index (χ2v) is 5.69. The van der Waals surface area contributed by atoms with Crippen molar-refractivity contribution in [1.29, 1.82) is 0 Å². The first-order valence-electron chi connectivity index (χ1n) is 7.20.